The molecule has 140 valence electrons. The topological polar surface area (TPSA) is 100 Å². The molecule has 0 aliphatic rings. The average Bonchev–Trinajstić information content (AvgIpc) is 3.08. The van der Waals surface area contributed by atoms with E-state index in [0.29, 0.717) is 29.5 Å². The maximum absolute atomic E-state index is 12.1. The summed E-state index contributed by atoms with van der Waals surface area (Å²) in [5.74, 6) is 0.900. The molecule has 0 bridgehead atoms. The Bertz CT molecular complexity index is 933. The van der Waals surface area contributed by atoms with Crippen molar-refractivity contribution in [2.75, 3.05) is 11.9 Å². The third kappa shape index (κ3) is 4.81. The Hall–Kier alpha value is -3.42. The lowest BCUT2D eigenvalue weighted by Crippen LogP contribution is -2.29. The van der Waals surface area contributed by atoms with Crippen molar-refractivity contribution in [3.8, 4) is 0 Å². The van der Waals surface area contributed by atoms with Crippen molar-refractivity contribution in [3.63, 3.8) is 0 Å². The number of nitrogens with one attached hydrogen (secondary N) is 3. The van der Waals surface area contributed by atoms with E-state index in [2.05, 4.69) is 26.1 Å². The molecule has 0 aliphatic carbocycles. The predicted octanol–water partition coefficient (Wildman–Crippen LogP) is 2.44. The van der Waals surface area contributed by atoms with Crippen molar-refractivity contribution in [2.45, 2.75) is 20.4 Å². The highest BCUT2D eigenvalue weighted by Gasteiger charge is 2.09. The van der Waals surface area contributed by atoms with Crippen LogP contribution in [0.4, 0.5) is 10.5 Å². The zero-order valence-electron chi connectivity index (χ0n) is 15.3. The lowest BCUT2D eigenvalue weighted by atomic mass is 10.1. The minimum Gasteiger partial charge on any atom is -0.352 e. The normalized spacial score (nSPS) is 10.8. The number of hydrogen-bond donors (Lipinski definition) is 3. The zero-order chi connectivity index (χ0) is 19.2. The van der Waals surface area contributed by atoms with Crippen LogP contribution in [-0.2, 0) is 6.54 Å². The number of anilines is 1. The summed E-state index contributed by atoms with van der Waals surface area (Å²) >= 11 is 0. The number of hydrogen-bond acceptors (Lipinski definition) is 4. The number of amides is 3. The number of carbonyl (C=O) groups is 2. The Balaban J connectivity index is 1.52. The van der Waals surface area contributed by atoms with Crippen molar-refractivity contribution in [3.05, 3.63) is 60.0 Å². The number of pyridine rings is 1. The SMILES string of the molecule is CC(C)CNC(=O)c1ccc(NC(=O)NCc2nnc3ccccn23)cc1. The number of carbonyl (C=O) groups excluding carboxylic acids is 2. The molecule has 3 aromatic rings. The van der Waals surface area contributed by atoms with Crippen molar-refractivity contribution in [2.24, 2.45) is 5.92 Å². The maximum Gasteiger partial charge on any atom is 0.319 e. The molecule has 0 spiro atoms. The molecule has 2 heterocycles. The molecule has 2 aromatic heterocycles. The van der Waals surface area contributed by atoms with E-state index in [1.807, 2.05) is 42.6 Å². The van der Waals surface area contributed by atoms with E-state index in [0.717, 1.165) is 5.65 Å². The summed E-state index contributed by atoms with van der Waals surface area (Å²) in [4.78, 5) is 24.1. The van der Waals surface area contributed by atoms with Gasteiger partial charge < -0.3 is 16.0 Å². The first-order chi connectivity index (χ1) is 13.0. The van der Waals surface area contributed by atoms with E-state index < -0.39 is 0 Å². The molecule has 0 fully saturated rings. The summed E-state index contributed by atoms with van der Waals surface area (Å²) in [6.45, 7) is 4.94. The second-order valence-electron chi connectivity index (χ2n) is 6.53. The van der Waals surface area contributed by atoms with E-state index in [-0.39, 0.29) is 18.5 Å². The fraction of sp³-hybridized carbons (Fsp3) is 0.263. The standard InChI is InChI=1S/C19H22N6O2/c1-13(2)11-20-18(26)14-6-8-15(9-7-14)22-19(27)21-12-17-24-23-16-5-3-4-10-25(16)17/h3-10,13H,11-12H2,1-2H3,(H,20,26)(H2,21,22,27). The van der Waals surface area contributed by atoms with Crippen LogP contribution in [0.3, 0.4) is 0 Å². The van der Waals surface area contributed by atoms with E-state index in [1.165, 1.54) is 0 Å². The van der Waals surface area contributed by atoms with Crippen LogP contribution in [0.5, 0.6) is 0 Å². The van der Waals surface area contributed by atoms with Gasteiger partial charge in [-0.05, 0) is 42.3 Å². The highest BCUT2D eigenvalue weighted by Crippen LogP contribution is 2.10. The fourth-order valence-electron chi connectivity index (χ4n) is 2.45. The van der Waals surface area contributed by atoms with Gasteiger partial charge in [0.2, 0.25) is 0 Å². The number of fused-ring (bicyclic) bond motifs is 1. The molecule has 3 rings (SSSR count). The molecule has 0 aliphatic heterocycles. The van der Waals surface area contributed by atoms with Gasteiger partial charge in [-0.3, -0.25) is 9.20 Å². The molecular weight excluding hydrogens is 344 g/mol. The van der Waals surface area contributed by atoms with Gasteiger partial charge in [0, 0.05) is 24.0 Å². The molecule has 0 radical (unpaired) electrons. The molecule has 8 nitrogen and oxygen atoms in total. The monoisotopic (exact) mass is 366 g/mol. The van der Waals surface area contributed by atoms with E-state index in [1.54, 1.807) is 24.3 Å². The summed E-state index contributed by atoms with van der Waals surface area (Å²) in [7, 11) is 0. The van der Waals surface area contributed by atoms with Gasteiger partial charge in [-0.15, -0.1) is 10.2 Å². The van der Waals surface area contributed by atoms with Crippen LogP contribution in [0.25, 0.3) is 5.65 Å². The number of urea groups is 1. The van der Waals surface area contributed by atoms with Crippen LogP contribution in [0.2, 0.25) is 0 Å². The fourth-order valence-corrected chi connectivity index (χ4v) is 2.45. The number of rotatable bonds is 6. The predicted molar refractivity (Wildman–Crippen MR) is 102 cm³/mol. The van der Waals surface area contributed by atoms with E-state index in [9.17, 15) is 9.59 Å². The van der Waals surface area contributed by atoms with Crippen LogP contribution in [0.15, 0.2) is 48.7 Å². The van der Waals surface area contributed by atoms with Gasteiger partial charge in [0.1, 0.15) is 0 Å². The molecule has 3 amide bonds. The van der Waals surface area contributed by atoms with Gasteiger partial charge in [0.15, 0.2) is 11.5 Å². The van der Waals surface area contributed by atoms with Gasteiger partial charge >= 0.3 is 6.03 Å². The molecule has 0 saturated carbocycles. The first-order valence-corrected chi connectivity index (χ1v) is 8.74. The number of aromatic nitrogens is 3. The molecule has 3 N–H and O–H groups in total. The molecular formula is C19H22N6O2. The number of nitrogens with zero attached hydrogens (tertiary/aromatic N) is 3. The van der Waals surface area contributed by atoms with Crippen molar-refractivity contribution < 1.29 is 9.59 Å². The van der Waals surface area contributed by atoms with Crippen LogP contribution in [0, 0.1) is 5.92 Å². The zero-order valence-corrected chi connectivity index (χ0v) is 15.3. The van der Waals surface area contributed by atoms with Crippen LogP contribution >= 0.6 is 0 Å². The lowest BCUT2D eigenvalue weighted by Gasteiger charge is -2.09. The Morgan fingerprint density at radius 2 is 1.81 bits per heavy atom. The smallest absolute Gasteiger partial charge is 0.319 e. The van der Waals surface area contributed by atoms with Crippen LogP contribution in [-0.4, -0.2) is 33.1 Å². The molecule has 0 saturated heterocycles. The lowest BCUT2D eigenvalue weighted by molar-refractivity contribution is 0.0949. The Kier molecular flexibility index (Phi) is 5.65. The quantitative estimate of drug-likeness (QED) is 0.624. The average molecular weight is 366 g/mol. The third-order valence-corrected chi connectivity index (χ3v) is 3.87. The molecule has 1 aromatic carbocycles. The summed E-state index contributed by atoms with van der Waals surface area (Å²) in [5.41, 5.74) is 1.87. The second kappa shape index (κ2) is 8.31. The highest BCUT2D eigenvalue weighted by molar-refractivity contribution is 5.95. The summed E-state index contributed by atoms with van der Waals surface area (Å²) in [6, 6.07) is 12.0. The molecule has 0 unspecified atom stereocenters. The van der Waals surface area contributed by atoms with Gasteiger partial charge in [-0.1, -0.05) is 19.9 Å². The Labute approximate surface area is 157 Å². The first kappa shape index (κ1) is 18.4. The summed E-state index contributed by atoms with van der Waals surface area (Å²) in [6.07, 6.45) is 1.84. The van der Waals surface area contributed by atoms with Gasteiger partial charge in [-0.25, -0.2) is 4.79 Å². The van der Waals surface area contributed by atoms with Gasteiger partial charge in [0.25, 0.3) is 5.91 Å². The largest absolute Gasteiger partial charge is 0.352 e. The van der Waals surface area contributed by atoms with Crippen molar-refractivity contribution in [1.29, 1.82) is 0 Å². The Morgan fingerprint density at radius 1 is 1.04 bits per heavy atom. The van der Waals surface area contributed by atoms with Crippen molar-refractivity contribution >= 4 is 23.3 Å². The third-order valence-electron chi connectivity index (χ3n) is 3.87. The molecule has 27 heavy (non-hydrogen) atoms. The van der Waals surface area contributed by atoms with Gasteiger partial charge in [0.05, 0.1) is 6.54 Å². The number of benzene rings is 1. The second-order valence-corrected chi connectivity index (χ2v) is 6.53. The Morgan fingerprint density at radius 3 is 2.56 bits per heavy atom. The summed E-state index contributed by atoms with van der Waals surface area (Å²) < 4.78 is 1.81. The highest BCUT2D eigenvalue weighted by atomic mass is 16.2. The minimum atomic E-state index is -0.361. The van der Waals surface area contributed by atoms with Crippen LogP contribution in [0.1, 0.15) is 30.0 Å². The van der Waals surface area contributed by atoms with Gasteiger partial charge in [-0.2, -0.15) is 0 Å². The van der Waals surface area contributed by atoms with E-state index >= 15 is 0 Å². The van der Waals surface area contributed by atoms with Crippen molar-refractivity contribution in [1.82, 2.24) is 25.2 Å². The minimum absolute atomic E-state index is 0.126. The maximum atomic E-state index is 12.1. The first-order valence-electron chi connectivity index (χ1n) is 8.74. The summed E-state index contributed by atoms with van der Waals surface area (Å²) in [5, 5.41) is 16.4. The van der Waals surface area contributed by atoms with Crippen LogP contribution < -0.4 is 16.0 Å². The molecule has 8 heteroatoms. The van der Waals surface area contributed by atoms with E-state index in [4.69, 9.17) is 0 Å². The molecule has 0 atom stereocenters.